The molecule has 0 radical (unpaired) electrons. The molecule has 2 aromatic rings. The Hall–Kier alpha value is -3.40. The molecule has 0 atom stereocenters. The maximum absolute atomic E-state index is 12.1. The first-order chi connectivity index (χ1) is 12.8. The molecule has 0 fully saturated rings. The Morgan fingerprint density at radius 2 is 1.89 bits per heavy atom. The van der Waals surface area contributed by atoms with E-state index in [1.165, 1.54) is 6.07 Å². The van der Waals surface area contributed by atoms with E-state index in [4.69, 9.17) is 5.73 Å². The van der Waals surface area contributed by atoms with Crippen molar-refractivity contribution >= 4 is 44.8 Å². The molecule has 0 heterocycles. The fourth-order valence-electron chi connectivity index (χ4n) is 2.08. The Labute approximate surface area is 162 Å². The van der Waals surface area contributed by atoms with Crippen LogP contribution in [0.3, 0.4) is 0 Å². The van der Waals surface area contributed by atoms with Gasteiger partial charge in [0.05, 0.1) is 17.0 Å². The van der Waals surface area contributed by atoms with E-state index in [9.17, 15) is 19.7 Å². The van der Waals surface area contributed by atoms with E-state index >= 15 is 0 Å². The fourth-order valence-corrected chi connectivity index (χ4v) is 2.47. The summed E-state index contributed by atoms with van der Waals surface area (Å²) >= 11 is 3.32. The number of nitrogen functional groups attached to an aromatic ring is 1. The van der Waals surface area contributed by atoms with Gasteiger partial charge in [-0.05, 0) is 34.1 Å². The van der Waals surface area contributed by atoms with Crippen LogP contribution in [-0.2, 0) is 4.79 Å². The number of hydrazine groups is 1. The Bertz CT molecular complexity index is 916. The van der Waals surface area contributed by atoms with Crippen LogP contribution in [-0.4, -0.2) is 16.7 Å². The number of hydrogen-bond acceptors (Lipinski definition) is 6. The average molecular weight is 434 g/mol. The first-order valence-electron chi connectivity index (χ1n) is 7.59. The second kappa shape index (κ2) is 8.81. The number of carbonyl (C=O) groups is 2. The number of nitrogens with one attached hydrogen (secondary N) is 3. The Kier molecular flexibility index (Phi) is 6.50. The summed E-state index contributed by atoms with van der Waals surface area (Å²) in [6.45, 7) is 3.66. The minimum Gasteiger partial charge on any atom is -0.399 e. The van der Waals surface area contributed by atoms with Gasteiger partial charge in [-0.2, -0.15) is 0 Å². The molecule has 0 aliphatic heterocycles. The summed E-state index contributed by atoms with van der Waals surface area (Å²) in [6, 6.07) is 10.6. The number of rotatable bonds is 7. The van der Waals surface area contributed by atoms with Gasteiger partial charge in [-0.15, -0.1) is 0 Å². The van der Waals surface area contributed by atoms with Crippen molar-refractivity contribution in [2.45, 2.75) is 6.42 Å². The summed E-state index contributed by atoms with van der Waals surface area (Å²) in [6.07, 6.45) is -0.0985. The molecule has 2 aromatic carbocycles. The third-order valence-corrected chi connectivity index (χ3v) is 3.98. The predicted molar refractivity (Wildman–Crippen MR) is 105 cm³/mol. The Morgan fingerprint density at radius 3 is 2.56 bits per heavy atom. The topological polar surface area (TPSA) is 139 Å². The molecular formula is C17H16BrN5O4. The van der Waals surface area contributed by atoms with Crippen molar-refractivity contribution in [1.82, 2.24) is 10.9 Å². The molecule has 2 amide bonds. The number of halogens is 1. The van der Waals surface area contributed by atoms with Crippen LogP contribution in [0.2, 0.25) is 0 Å². The highest BCUT2D eigenvalue weighted by Gasteiger charge is 2.14. The average Bonchev–Trinajstić information content (AvgIpc) is 2.61. The smallest absolute Gasteiger partial charge is 0.272 e. The monoisotopic (exact) mass is 433 g/mol. The van der Waals surface area contributed by atoms with Crippen molar-refractivity contribution < 1.29 is 14.5 Å². The number of carbonyl (C=O) groups excluding carboxylic acids is 2. The lowest BCUT2D eigenvalue weighted by atomic mass is 10.1. The summed E-state index contributed by atoms with van der Waals surface area (Å²) < 4.78 is 0.730. The number of non-ortho nitro benzene ring substituents is 1. The molecule has 0 aromatic heterocycles. The number of nitrogens with zero attached hydrogens (tertiary/aromatic N) is 1. The summed E-state index contributed by atoms with van der Waals surface area (Å²) in [4.78, 5) is 34.3. The molecule has 0 saturated heterocycles. The molecule has 2 rings (SSSR count). The maximum Gasteiger partial charge on any atom is 0.272 e. The van der Waals surface area contributed by atoms with Crippen molar-refractivity contribution in [3.63, 3.8) is 0 Å². The number of nitrogens with two attached hydrogens (primary N) is 1. The van der Waals surface area contributed by atoms with Gasteiger partial charge < -0.3 is 16.5 Å². The largest absolute Gasteiger partial charge is 0.399 e. The molecule has 0 bridgehead atoms. The number of nitro groups is 1. The van der Waals surface area contributed by atoms with E-state index < -0.39 is 10.8 Å². The first-order valence-corrected chi connectivity index (χ1v) is 8.39. The van der Waals surface area contributed by atoms with Crippen LogP contribution in [0.25, 0.3) is 0 Å². The van der Waals surface area contributed by atoms with E-state index in [1.54, 1.807) is 18.2 Å². The van der Waals surface area contributed by atoms with Crippen molar-refractivity contribution in [3.8, 4) is 0 Å². The third kappa shape index (κ3) is 5.82. The van der Waals surface area contributed by atoms with Gasteiger partial charge in [0.15, 0.2) is 0 Å². The number of anilines is 2. The zero-order valence-corrected chi connectivity index (χ0v) is 15.6. The Morgan fingerprint density at radius 1 is 1.19 bits per heavy atom. The number of para-hydroxylation sites is 1. The quantitative estimate of drug-likeness (QED) is 0.300. The van der Waals surface area contributed by atoms with E-state index in [1.807, 2.05) is 6.07 Å². The van der Waals surface area contributed by atoms with Crippen LogP contribution in [0, 0.1) is 10.1 Å². The Balaban J connectivity index is 1.90. The zero-order valence-electron chi connectivity index (χ0n) is 14.0. The lowest BCUT2D eigenvalue weighted by Gasteiger charge is -2.12. The minimum atomic E-state index is -0.655. The van der Waals surface area contributed by atoms with Gasteiger partial charge in [-0.3, -0.25) is 25.1 Å². The summed E-state index contributed by atoms with van der Waals surface area (Å²) in [5.41, 5.74) is 11.0. The number of hydrogen-bond donors (Lipinski definition) is 4. The third-order valence-electron chi connectivity index (χ3n) is 3.29. The van der Waals surface area contributed by atoms with E-state index in [2.05, 4.69) is 38.7 Å². The highest BCUT2D eigenvalue weighted by Crippen LogP contribution is 2.21. The normalized spacial score (nSPS) is 9.96. The molecule has 0 aliphatic carbocycles. The number of benzene rings is 2. The van der Waals surface area contributed by atoms with Crippen LogP contribution in [0.15, 0.2) is 59.2 Å². The second-order valence-corrected chi connectivity index (χ2v) is 6.31. The lowest BCUT2D eigenvalue weighted by Crippen LogP contribution is -2.37. The number of nitro benzene ring substituents is 1. The van der Waals surface area contributed by atoms with Gasteiger partial charge in [-0.25, -0.2) is 0 Å². The molecule has 0 unspecified atom stereocenters. The van der Waals surface area contributed by atoms with Crippen LogP contribution in [0.1, 0.15) is 16.8 Å². The van der Waals surface area contributed by atoms with E-state index in [-0.39, 0.29) is 35.0 Å². The van der Waals surface area contributed by atoms with Crippen LogP contribution >= 0.6 is 15.9 Å². The highest BCUT2D eigenvalue weighted by molar-refractivity contribution is 9.10. The van der Waals surface area contributed by atoms with E-state index in [0.29, 0.717) is 5.69 Å². The lowest BCUT2D eigenvalue weighted by molar-refractivity contribution is -0.384. The maximum atomic E-state index is 12.1. The van der Waals surface area contributed by atoms with Gasteiger partial charge >= 0.3 is 0 Å². The minimum absolute atomic E-state index is 0.000308. The standard InChI is InChI=1S/C17H16BrN5O4/c1-10(6-16(24)20-15-5-3-2-4-14(15)18)21-22-17(25)11-7-12(19)9-13(8-11)23(26)27/h2-5,7-9,21H,1,6,19H2,(H,20,24)(H,22,25). The fraction of sp³-hybridized carbons (Fsp3) is 0.0588. The molecule has 0 saturated carbocycles. The van der Waals surface area contributed by atoms with Crippen LogP contribution in [0.4, 0.5) is 17.1 Å². The molecule has 27 heavy (non-hydrogen) atoms. The van der Waals surface area contributed by atoms with Gasteiger partial charge in [0, 0.05) is 33.6 Å². The summed E-state index contributed by atoms with van der Waals surface area (Å²) in [5.74, 6) is -0.994. The van der Waals surface area contributed by atoms with Crippen molar-refractivity contribution in [2.24, 2.45) is 0 Å². The molecule has 140 valence electrons. The zero-order chi connectivity index (χ0) is 20.0. The highest BCUT2D eigenvalue weighted by atomic mass is 79.9. The van der Waals surface area contributed by atoms with Crippen molar-refractivity contribution in [2.75, 3.05) is 11.1 Å². The van der Waals surface area contributed by atoms with Crippen molar-refractivity contribution in [3.05, 3.63) is 74.9 Å². The first kappa shape index (κ1) is 19.9. The van der Waals surface area contributed by atoms with Gasteiger partial charge in [0.1, 0.15) is 0 Å². The van der Waals surface area contributed by atoms with Crippen molar-refractivity contribution in [1.29, 1.82) is 0 Å². The molecular weight excluding hydrogens is 418 g/mol. The predicted octanol–water partition coefficient (Wildman–Crippen LogP) is 2.72. The molecule has 0 aliphatic rings. The molecule has 5 N–H and O–H groups in total. The second-order valence-electron chi connectivity index (χ2n) is 5.46. The molecule has 0 spiro atoms. The van der Waals surface area contributed by atoms with Crippen LogP contribution in [0.5, 0.6) is 0 Å². The van der Waals surface area contributed by atoms with Gasteiger partial charge in [0.2, 0.25) is 5.91 Å². The van der Waals surface area contributed by atoms with E-state index in [0.717, 1.165) is 16.6 Å². The van der Waals surface area contributed by atoms with Crippen LogP contribution < -0.4 is 21.9 Å². The van der Waals surface area contributed by atoms with Gasteiger partial charge in [-0.1, -0.05) is 18.7 Å². The number of amides is 2. The summed E-state index contributed by atoms with van der Waals surface area (Å²) in [7, 11) is 0. The van der Waals surface area contributed by atoms with Gasteiger partial charge in [0.25, 0.3) is 11.6 Å². The SMILES string of the molecule is C=C(CC(=O)Nc1ccccc1Br)NNC(=O)c1cc(N)cc([N+](=O)[O-])c1. The summed E-state index contributed by atoms with van der Waals surface area (Å²) in [5, 5.41) is 13.5. The molecule has 9 nitrogen and oxygen atoms in total. The molecule has 10 heteroatoms.